The van der Waals surface area contributed by atoms with Crippen LogP contribution in [0.3, 0.4) is 0 Å². The second-order valence-corrected chi connectivity index (χ2v) is 5.68. The van der Waals surface area contributed by atoms with Gasteiger partial charge in [-0.05, 0) is 37.8 Å². The van der Waals surface area contributed by atoms with Gasteiger partial charge in [-0.25, -0.2) is 9.59 Å². The predicted octanol–water partition coefficient (Wildman–Crippen LogP) is 3.61. The number of carboxylic acids is 1. The fraction of sp³-hybridized carbons (Fsp3) is 0.385. The van der Waals surface area contributed by atoms with Crippen molar-refractivity contribution < 1.29 is 14.7 Å². The molecule has 7 heteroatoms. The molecule has 1 saturated carbocycles. The number of carbonyl (C=O) groups is 2. The molecule has 0 radical (unpaired) electrons. The lowest BCUT2D eigenvalue weighted by Gasteiger charge is -2.15. The largest absolute Gasteiger partial charge is 0.478 e. The highest BCUT2D eigenvalue weighted by molar-refractivity contribution is 6.37. The molecular formula is C13H14Cl2N2O3. The molecule has 20 heavy (non-hydrogen) atoms. The number of benzene rings is 1. The summed E-state index contributed by atoms with van der Waals surface area (Å²) in [4.78, 5) is 23.0. The van der Waals surface area contributed by atoms with Crippen LogP contribution in [-0.2, 0) is 0 Å². The summed E-state index contributed by atoms with van der Waals surface area (Å²) >= 11 is 11.7. The van der Waals surface area contributed by atoms with Crippen molar-refractivity contribution in [1.29, 1.82) is 0 Å². The Balaban J connectivity index is 2.15. The van der Waals surface area contributed by atoms with Gasteiger partial charge in [0.2, 0.25) is 0 Å². The van der Waals surface area contributed by atoms with Crippen molar-refractivity contribution >= 4 is 40.9 Å². The molecule has 0 saturated heterocycles. The van der Waals surface area contributed by atoms with Gasteiger partial charge in [-0.2, -0.15) is 0 Å². The van der Waals surface area contributed by atoms with Crippen LogP contribution in [0.2, 0.25) is 10.0 Å². The molecule has 2 rings (SSSR count). The van der Waals surface area contributed by atoms with Crippen molar-refractivity contribution in [2.45, 2.75) is 25.8 Å². The van der Waals surface area contributed by atoms with Crippen molar-refractivity contribution in [3.8, 4) is 0 Å². The Kier molecular flexibility index (Phi) is 4.40. The maximum absolute atomic E-state index is 11.9. The maximum atomic E-state index is 11.9. The number of halogens is 2. The van der Waals surface area contributed by atoms with Gasteiger partial charge >= 0.3 is 12.0 Å². The molecule has 2 amide bonds. The van der Waals surface area contributed by atoms with Gasteiger partial charge in [0.1, 0.15) is 0 Å². The summed E-state index contributed by atoms with van der Waals surface area (Å²) in [7, 11) is 0. The fourth-order valence-electron chi connectivity index (χ4n) is 1.94. The summed E-state index contributed by atoms with van der Waals surface area (Å²) in [6, 6.07) is 2.20. The summed E-state index contributed by atoms with van der Waals surface area (Å²) in [5.74, 6) is -0.708. The van der Waals surface area contributed by atoms with Gasteiger partial charge in [-0.3, -0.25) is 0 Å². The Labute approximate surface area is 126 Å². The van der Waals surface area contributed by atoms with Crippen LogP contribution < -0.4 is 10.6 Å². The van der Waals surface area contributed by atoms with Crippen molar-refractivity contribution in [2.75, 3.05) is 5.32 Å². The average Bonchev–Trinajstić information content (AvgIpc) is 3.15. The van der Waals surface area contributed by atoms with Crippen LogP contribution in [0.1, 0.15) is 30.1 Å². The Morgan fingerprint density at radius 1 is 1.35 bits per heavy atom. The molecule has 1 aromatic carbocycles. The van der Waals surface area contributed by atoms with E-state index < -0.39 is 12.0 Å². The summed E-state index contributed by atoms with van der Waals surface area (Å²) in [5.41, 5.74) is -0.0965. The monoisotopic (exact) mass is 316 g/mol. The molecule has 5 nitrogen and oxygen atoms in total. The number of carbonyl (C=O) groups excluding carboxylic acids is 1. The molecule has 1 atom stereocenters. The van der Waals surface area contributed by atoms with Gasteiger partial charge in [0.05, 0.1) is 16.3 Å². The molecule has 0 spiro atoms. The first-order valence-corrected chi connectivity index (χ1v) is 6.94. The quantitative estimate of drug-likeness (QED) is 0.794. The fourth-order valence-corrected chi connectivity index (χ4v) is 2.48. The summed E-state index contributed by atoms with van der Waals surface area (Å²) < 4.78 is 0. The number of nitrogens with one attached hydrogen (secondary N) is 2. The van der Waals surface area contributed by atoms with E-state index in [-0.39, 0.29) is 27.3 Å². The van der Waals surface area contributed by atoms with E-state index >= 15 is 0 Å². The van der Waals surface area contributed by atoms with E-state index in [2.05, 4.69) is 10.6 Å². The van der Waals surface area contributed by atoms with Crippen molar-refractivity contribution in [3.63, 3.8) is 0 Å². The number of carboxylic acid groups (broad SMARTS) is 1. The molecule has 1 fully saturated rings. The van der Waals surface area contributed by atoms with Gasteiger partial charge in [-0.1, -0.05) is 23.2 Å². The van der Waals surface area contributed by atoms with Crippen LogP contribution in [0.15, 0.2) is 12.1 Å². The van der Waals surface area contributed by atoms with Gasteiger partial charge < -0.3 is 15.7 Å². The highest BCUT2D eigenvalue weighted by atomic mass is 35.5. The molecule has 0 aromatic heterocycles. The van der Waals surface area contributed by atoms with Crippen LogP contribution in [0.4, 0.5) is 10.5 Å². The van der Waals surface area contributed by atoms with Crippen LogP contribution in [-0.4, -0.2) is 23.1 Å². The highest BCUT2D eigenvalue weighted by Crippen LogP contribution is 2.33. The van der Waals surface area contributed by atoms with E-state index in [0.717, 1.165) is 12.8 Å². The summed E-state index contributed by atoms with van der Waals surface area (Å²) in [5, 5.41) is 14.6. The molecule has 0 bridgehead atoms. The highest BCUT2D eigenvalue weighted by Gasteiger charge is 2.29. The van der Waals surface area contributed by atoms with Gasteiger partial charge in [-0.15, -0.1) is 0 Å². The lowest BCUT2D eigenvalue weighted by molar-refractivity contribution is 0.0698. The zero-order valence-corrected chi connectivity index (χ0v) is 12.3. The molecule has 0 aliphatic heterocycles. The lowest BCUT2D eigenvalue weighted by Crippen LogP contribution is -2.37. The van der Waals surface area contributed by atoms with E-state index in [1.165, 1.54) is 12.1 Å². The second-order valence-electron chi connectivity index (χ2n) is 4.84. The third-order valence-electron chi connectivity index (χ3n) is 3.21. The minimum absolute atomic E-state index is 0.0454. The standard InChI is InChI=1S/C13H14Cl2N2O3/c1-6(7-2-3-7)16-13(20)17-11-9(12(18)19)4-8(14)5-10(11)15/h4-7H,2-3H2,1H3,(H,18,19)(H2,16,17,20). The summed E-state index contributed by atoms with van der Waals surface area (Å²) in [6.07, 6.45) is 2.20. The zero-order valence-electron chi connectivity index (χ0n) is 10.7. The zero-order chi connectivity index (χ0) is 14.9. The molecule has 108 valence electrons. The van der Waals surface area contributed by atoms with Crippen molar-refractivity contribution in [1.82, 2.24) is 5.32 Å². The van der Waals surface area contributed by atoms with Crippen LogP contribution in [0, 0.1) is 5.92 Å². The van der Waals surface area contributed by atoms with E-state index in [4.69, 9.17) is 28.3 Å². The van der Waals surface area contributed by atoms with E-state index in [1.807, 2.05) is 6.92 Å². The molecule has 0 heterocycles. The van der Waals surface area contributed by atoms with Crippen LogP contribution in [0.25, 0.3) is 0 Å². The second kappa shape index (κ2) is 5.89. The molecule has 1 aromatic rings. The van der Waals surface area contributed by atoms with Gasteiger partial charge in [0.15, 0.2) is 0 Å². The number of anilines is 1. The summed E-state index contributed by atoms with van der Waals surface area (Å²) in [6.45, 7) is 1.92. The minimum Gasteiger partial charge on any atom is -0.478 e. The van der Waals surface area contributed by atoms with E-state index in [0.29, 0.717) is 5.92 Å². The SMILES string of the molecule is CC(NC(=O)Nc1c(Cl)cc(Cl)cc1C(=O)O)C1CC1. The topological polar surface area (TPSA) is 78.4 Å². The molecular weight excluding hydrogens is 303 g/mol. The number of hydrogen-bond acceptors (Lipinski definition) is 2. The maximum Gasteiger partial charge on any atom is 0.337 e. The predicted molar refractivity (Wildman–Crippen MR) is 77.8 cm³/mol. The lowest BCUT2D eigenvalue weighted by atomic mass is 10.1. The molecule has 3 N–H and O–H groups in total. The number of urea groups is 1. The van der Waals surface area contributed by atoms with E-state index in [1.54, 1.807) is 0 Å². The normalized spacial score (nSPS) is 15.6. The number of amides is 2. The average molecular weight is 317 g/mol. The molecule has 1 unspecified atom stereocenters. The number of rotatable bonds is 4. The molecule has 1 aliphatic carbocycles. The van der Waals surface area contributed by atoms with Crippen molar-refractivity contribution in [3.05, 3.63) is 27.7 Å². The Morgan fingerprint density at radius 2 is 2.00 bits per heavy atom. The number of hydrogen-bond donors (Lipinski definition) is 3. The Hall–Kier alpha value is -1.46. The van der Waals surface area contributed by atoms with Gasteiger partial charge in [0.25, 0.3) is 0 Å². The first-order chi connectivity index (χ1) is 9.38. The van der Waals surface area contributed by atoms with E-state index in [9.17, 15) is 9.59 Å². The smallest absolute Gasteiger partial charge is 0.337 e. The van der Waals surface area contributed by atoms with Crippen LogP contribution >= 0.6 is 23.2 Å². The first-order valence-electron chi connectivity index (χ1n) is 6.18. The first kappa shape index (κ1) is 14.9. The van der Waals surface area contributed by atoms with Crippen LogP contribution in [0.5, 0.6) is 0 Å². The third-order valence-corrected chi connectivity index (χ3v) is 3.73. The molecule has 1 aliphatic rings. The van der Waals surface area contributed by atoms with Crippen molar-refractivity contribution in [2.24, 2.45) is 5.92 Å². The Morgan fingerprint density at radius 3 is 2.55 bits per heavy atom. The number of aromatic carboxylic acids is 1. The Bertz CT molecular complexity index is 559. The minimum atomic E-state index is -1.21. The van der Waals surface area contributed by atoms with Gasteiger partial charge in [0, 0.05) is 11.1 Å². The third kappa shape index (κ3) is 3.55.